The van der Waals surface area contributed by atoms with Gasteiger partial charge in [0.25, 0.3) is 0 Å². The van der Waals surface area contributed by atoms with Gasteiger partial charge in [-0.3, -0.25) is 0 Å². The van der Waals surface area contributed by atoms with E-state index in [1.165, 1.54) is 0 Å². The minimum atomic E-state index is -0.957. The quantitative estimate of drug-likeness (QED) is 0.583. The molecule has 1 heterocycles. The van der Waals surface area contributed by atoms with Crippen molar-refractivity contribution >= 4 is 11.8 Å². The van der Waals surface area contributed by atoms with Crippen LogP contribution >= 0.6 is 0 Å². The van der Waals surface area contributed by atoms with Gasteiger partial charge in [0, 0.05) is 19.2 Å². The summed E-state index contributed by atoms with van der Waals surface area (Å²) in [6.45, 7) is 2.44. The van der Waals surface area contributed by atoms with Gasteiger partial charge in [0.05, 0.1) is 0 Å². The second-order valence-corrected chi connectivity index (χ2v) is 3.74. The predicted molar refractivity (Wildman–Crippen MR) is 67.1 cm³/mol. The van der Waals surface area contributed by atoms with Gasteiger partial charge in [-0.2, -0.15) is 0 Å². The van der Waals surface area contributed by atoms with Crippen LogP contribution in [-0.2, 0) is 0 Å². The van der Waals surface area contributed by atoms with Crippen LogP contribution in [0.5, 0.6) is 0 Å². The van der Waals surface area contributed by atoms with Crippen LogP contribution in [0.1, 0.15) is 35.2 Å². The van der Waals surface area contributed by atoms with Crippen LogP contribution in [-0.4, -0.2) is 22.6 Å². The maximum Gasteiger partial charge on any atom is 0.339 e. The lowest BCUT2D eigenvalue weighted by molar-refractivity contribution is 0.0697. The topological polar surface area (TPSA) is 62.2 Å². The van der Waals surface area contributed by atoms with Gasteiger partial charge >= 0.3 is 5.97 Å². The van der Waals surface area contributed by atoms with Crippen molar-refractivity contribution in [2.24, 2.45) is 0 Å². The number of nitrogens with zero attached hydrogens (tertiary/aromatic N) is 1. The fraction of sp³-hybridized carbons (Fsp3) is 0.385. The van der Waals surface area contributed by atoms with E-state index >= 15 is 0 Å². The van der Waals surface area contributed by atoms with Crippen LogP contribution in [0.15, 0.2) is 12.3 Å². The Morgan fingerprint density at radius 1 is 1.59 bits per heavy atom. The molecule has 0 aliphatic rings. The zero-order valence-electron chi connectivity index (χ0n) is 9.86. The first-order valence-corrected chi connectivity index (χ1v) is 5.53. The second-order valence-electron chi connectivity index (χ2n) is 3.74. The number of carboxylic acids is 1. The van der Waals surface area contributed by atoms with Gasteiger partial charge in [0.15, 0.2) is 0 Å². The number of carbonyl (C=O) groups is 1. The smallest absolute Gasteiger partial charge is 0.339 e. The minimum absolute atomic E-state index is 0.240. The molecule has 1 aromatic heterocycles. The van der Waals surface area contributed by atoms with Gasteiger partial charge in [-0.05, 0) is 31.4 Å². The summed E-state index contributed by atoms with van der Waals surface area (Å²) >= 11 is 0. The highest BCUT2D eigenvalue weighted by molar-refractivity contribution is 5.94. The number of aromatic nitrogens is 1. The van der Waals surface area contributed by atoms with Gasteiger partial charge in [0.1, 0.15) is 11.4 Å². The van der Waals surface area contributed by atoms with Crippen molar-refractivity contribution in [3.8, 4) is 12.3 Å². The number of terminal acetylenes is 1. The Morgan fingerprint density at radius 2 is 2.35 bits per heavy atom. The first kappa shape index (κ1) is 13.0. The molecule has 17 heavy (non-hydrogen) atoms. The normalized spacial score (nSPS) is 9.65. The number of hydrogen-bond donors (Lipinski definition) is 2. The molecule has 4 nitrogen and oxygen atoms in total. The molecule has 0 radical (unpaired) electrons. The number of carboxylic acid groups (broad SMARTS) is 1. The third-order valence-electron chi connectivity index (χ3n) is 2.41. The predicted octanol–water partition coefficient (Wildman–Crippen LogP) is 2.30. The number of pyridine rings is 1. The highest BCUT2D eigenvalue weighted by atomic mass is 16.4. The molecule has 0 fully saturated rings. The Hall–Kier alpha value is -2.02. The highest BCUT2D eigenvalue weighted by Gasteiger charge is 2.13. The molecule has 90 valence electrons. The summed E-state index contributed by atoms with van der Waals surface area (Å²) in [6.07, 6.45) is 9.32. The highest BCUT2D eigenvalue weighted by Crippen LogP contribution is 2.16. The van der Waals surface area contributed by atoms with E-state index in [1.807, 2.05) is 0 Å². The van der Waals surface area contributed by atoms with E-state index in [4.69, 9.17) is 11.5 Å². The van der Waals surface area contributed by atoms with E-state index in [2.05, 4.69) is 16.2 Å². The molecule has 2 N–H and O–H groups in total. The first-order valence-electron chi connectivity index (χ1n) is 5.53. The molecule has 0 amide bonds. The van der Waals surface area contributed by atoms with E-state index in [0.717, 1.165) is 19.3 Å². The number of unbranched alkanes of at least 4 members (excludes halogenated alkanes) is 2. The van der Waals surface area contributed by atoms with Crippen molar-refractivity contribution in [1.82, 2.24) is 4.98 Å². The Labute approximate surface area is 101 Å². The fourth-order valence-corrected chi connectivity index (χ4v) is 1.52. The molecule has 0 aliphatic heterocycles. The SMILES string of the molecule is C#CCCCCNc1nccc(C)c1C(=O)O. The lowest BCUT2D eigenvalue weighted by Gasteiger charge is -2.09. The monoisotopic (exact) mass is 232 g/mol. The number of nitrogens with one attached hydrogen (secondary N) is 1. The first-order chi connectivity index (χ1) is 8.16. The molecule has 1 aromatic rings. The molecule has 0 aromatic carbocycles. The van der Waals surface area contributed by atoms with Crippen molar-refractivity contribution in [3.05, 3.63) is 23.4 Å². The van der Waals surface area contributed by atoms with E-state index < -0.39 is 5.97 Å². The van der Waals surface area contributed by atoms with E-state index in [-0.39, 0.29) is 5.56 Å². The van der Waals surface area contributed by atoms with Crippen molar-refractivity contribution in [2.75, 3.05) is 11.9 Å². The molecular weight excluding hydrogens is 216 g/mol. The third kappa shape index (κ3) is 3.80. The Kier molecular flexibility index (Phi) is 5.02. The van der Waals surface area contributed by atoms with Crippen LogP contribution in [0, 0.1) is 19.3 Å². The Morgan fingerprint density at radius 3 is 3.00 bits per heavy atom. The molecule has 0 spiro atoms. The number of rotatable bonds is 6. The number of hydrogen-bond acceptors (Lipinski definition) is 3. The van der Waals surface area contributed by atoms with Crippen LogP contribution < -0.4 is 5.32 Å². The summed E-state index contributed by atoms with van der Waals surface area (Å²) < 4.78 is 0. The largest absolute Gasteiger partial charge is 0.478 e. The van der Waals surface area contributed by atoms with Gasteiger partial charge in [-0.25, -0.2) is 9.78 Å². The van der Waals surface area contributed by atoms with Crippen molar-refractivity contribution < 1.29 is 9.90 Å². The van der Waals surface area contributed by atoms with Crippen LogP contribution in [0.2, 0.25) is 0 Å². The fourth-order valence-electron chi connectivity index (χ4n) is 1.52. The van der Waals surface area contributed by atoms with Crippen LogP contribution in [0.4, 0.5) is 5.82 Å². The second kappa shape index (κ2) is 6.54. The maximum atomic E-state index is 11.1. The lowest BCUT2D eigenvalue weighted by atomic mass is 10.1. The third-order valence-corrected chi connectivity index (χ3v) is 2.41. The molecule has 0 saturated carbocycles. The summed E-state index contributed by atoms with van der Waals surface area (Å²) in [5, 5.41) is 12.1. The average molecular weight is 232 g/mol. The summed E-state index contributed by atoms with van der Waals surface area (Å²) in [5.74, 6) is 2.04. The number of aromatic carboxylic acids is 1. The van der Waals surface area contributed by atoms with Crippen molar-refractivity contribution in [3.63, 3.8) is 0 Å². The summed E-state index contributed by atoms with van der Waals surface area (Å²) in [7, 11) is 0. The van der Waals surface area contributed by atoms with Gasteiger partial charge in [-0.1, -0.05) is 0 Å². The number of aryl methyl sites for hydroxylation is 1. The van der Waals surface area contributed by atoms with E-state index in [0.29, 0.717) is 17.9 Å². The van der Waals surface area contributed by atoms with Gasteiger partial charge in [0.2, 0.25) is 0 Å². The standard InChI is InChI=1S/C13H16N2O2/c1-3-4-5-6-8-14-12-11(13(16)17)10(2)7-9-15-12/h1,7,9H,4-6,8H2,2H3,(H,14,15)(H,16,17). The minimum Gasteiger partial charge on any atom is -0.478 e. The molecule has 0 unspecified atom stereocenters. The molecule has 1 rings (SSSR count). The number of anilines is 1. The lowest BCUT2D eigenvalue weighted by Crippen LogP contribution is -2.11. The van der Waals surface area contributed by atoms with Gasteiger partial charge in [-0.15, -0.1) is 12.3 Å². The molecule has 4 heteroatoms. The average Bonchev–Trinajstić information content (AvgIpc) is 2.28. The zero-order chi connectivity index (χ0) is 12.7. The summed E-state index contributed by atoms with van der Waals surface area (Å²) in [6, 6.07) is 1.69. The van der Waals surface area contributed by atoms with Gasteiger partial charge < -0.3 is 10.4 Å². The molecule has 0 aliphatic carbocycles. The molecule has 0 bridgehead atoms. The zero-order valence-corrected chi connectivity index (χ0v) is 9.86. The van der Waals surface area contributed by atoms with Crippen molar-refractivity contribution in [1.29, 1.82) is 0 Å². The van der Waals surface area contributed by atoms with Crippen LogP contribution in [0.3, 0.4) is 0 Å². The Balaban J connectivity index is 2.62. The van der Waals surface area contributed by atoms with Crippen LogP contribution in [0.25, 0.3) is 0 Å². The Bertz CT molecular complexity index is 436. The maximum absolute atomic E-state index is 11.1. The van der Waals surface area contributed by atoms with Crippen molar-refractivity contribution in [2.45, 2.75) is 26.2 Å². The molecule has 0 saturated heterocycles. The van der Waals surface area contributed by atoms with E-state index in [9.17, 15) is 4.79 Å². The summed E-state index contributed by atoms with van der Waals surface area (Å²) in [5.41, 5.74) is 0.947. The molecule has 0 atom stereocenters. The molecular formula is C13H16N2O2. The van der Waals surface area contributed by atoms with E-state index in [1.54, 1.807) is 19.2 Å². The summed E-state index contributed by atoms with van der Waals surface area (Å²) in [4.78, 5) is 15.1.